The van der Waals surface area contributed by atoms with E-state index in [1.165, 1.54) is 65.9 Å². The van der Waals surface area contributed by atoms with E-state index >= 15 is 0 Å². The van der Waals surface area contributed by atoms with Gasteiger partial charge in [-0.2, -0.15) is 0 Å². The van der Waals surface area contributed by atoms with Gasteiger partial charge in [0.05, 0.1) is 0 Å². The van der Waals surface area contributed by atoms with Crippen LogP contribution in [0.3, 0.4) is 0 Å². The molecule has 0 radical (unpaired) electrons. The Morgan fingerprint density at radius 2 is 0.974 bits per heavy atom. The molecular weight excluding hydrogens is 460 g/mol. The summed E-state index contributed by atoms with van der Waals surface area (Å²) in [6, 6.07) is 43.8. The van der Waals surface area contributed by atoms with Gasteiger partial charge in [-0.05, 0) is 55.4 Å². The van der Waals surface area contributed by atoms with Crippen molar-refractivity contribution in [2.75, 3.05) is 0 Å². The molecule has 1 aromatic heterocycles. The van der Waals surface area contributed by atoms with E-state index in [4.69, 9.17) is 4.42 Å². The Balaban J connectivity index is 1.52. The maximum atomic E-state index is 6.52. The van der Waals surface area contributed by atoms with Crippen LogP contribution < -0.4 is 0 Å². The van der Waals surface area contributed by atoms with Gasteiger partial charge in [-0.15, -0.1) is 0 Å². The summed E-state index contributed by atoms with van der Waals surface area (Å²) in [5, 5.41) is 6.33. The Hall–Kier alpha value is -4.62. The minimum atomic E-state index is -0.200. The summed E-state index contributed by atoms with van der Waals surface area (Å²) in [5.41, 5.74) is 9.75. The first-order chi connectivity index (χ1) is 18.6. The summed E-state index contributed by atoms with van der Waals surface area (Å²) in [7, 11) is 0. The SMILES string of the molecule is CC1(C)c2c(cccc2-c2c3ccccc3c(-c3ccccc3)c3ccccc23)-c2oc3ccccc3c21. The zero-order valence-corrected chi connectivity index (χ0v) is 21.5. The number of fused-ring (bicyclic) bond motifs is 7. The molecule has 0 saturated heterocycles. The highest BCUT2D eigenvalue weighted by Gasteiger charge is 2.42. The molecule has 0 unspecified atom stereocenters. The standard InChI is InChI=1S/C37H26O/c1-37(2)34-29(20-12-21-30(34)36-35(37)28-19-10-11-22-31(28)38-36)33-26-17-8-6-15-24(26)32(23-13-4-3-5-14-23)25-16-7-9-18-27(25)33/h3-22H,1-2H3. The molecule has 0 aliphatic heterocycles. The third-order valence-electron chi connectivity index (χ3n) is 8.42. The second-order valence-electron chi connectivity index (χ2n) is 10.9. The van der Waals surface area contributed by atoms with Gasteiger partial charge in [-0.25, -0.2) is 0 Å². The molecule has 0 atom stereocenters. The predicted octanol–water partition coefficient (Wildman–Crippen LogP) is 10.4. The molecule has 0 bridgehead atoms. The van der Waals surface area contributed by atoms with Crippen molar-refractivity contribution < 1.29 is 4.42 Å². The van der Waals surface area contributed by atoms with Crippen LogP contribution >= 0.6 is 0 Å². The lowest BCUT2D eigenvalue weighted by Gasteiger charge is -2.26. The van der Waals surface area contributed by atoms with Gasteiger partial charge in [-0.3, -0.25) is 0 Å². The smallest absolute Gasteiger partial charge is 0.139 e. The van der Waals surface area contributed by atoms with Crippen LogP contribution in [0.1, 0.15) is 25.0 Å². The van der Waals surface area contributed by atoms with Crippen LogP contribution in [0.15, 0.2) is 126 Å². The first-order valence-electron chi connectivity index (χ1n) is 13.3. The molecule has 0 saturated carbocycles. The van der Waals surface area contributed by atoms with Crippen LogP contribution in [-0.4, -0.2) is 0 Å². The van der Waals surface area contributed by atoms with Crippen LogP contribution in [0.5, 0.6) is 0 Å². The van der Waals surface area contributed by atoms with E-state index in [1.54, 1.807) is 0 Å². The topological polar surface area (TPSA) is 13.1 Å². The summed E-state index contributed by atoms with van der Waals surface area (Å²) < 4.78 is 6.52. The van der Waals surface area contributed by atoms with Gasteiger partial charge < -0.3 is 4.42 Å². The van der Waals surface area contributed by atoms with Crippen LogP contribution in [0, 0.1) is 0 Å². The molecule has 0 N–H and O–H groups in total. The first-order valence-corrected chi connectivity index (χ1v) is 13.3. The summed E-state index contributed by atoms with van der Waals surface area (Å²) in [4.78, 5) is 0. The lowest BCUT2D eigenvalue weighted by molar-refractivity contribution is 0.619. The van der Waals surface area contributed by atoms with Crippen molar-refractivity contribution in [2.45, 2.75) is 19.3 Å². The molecule has 1 heterocycles. The van der Waals surface area contributed by atoms with Crippen molar-refractivity contribution in [1.29, 1.82) is 0 Å². The number of rotatable bonds is 2. The Bertz CT molecular complexity index is 1980. The van der Waals surface area contributed by atoms with Gasteiger partial charge in [0, 0.05) is 21.9 Å². The summed E-state index contributed by atoms with van der Waals surface area (Å²) in [6.07, 6.45) is 0. The molecular formula is C37H26O. The second-order valence-corrected chi connectivity index (χ2v) is 10.9. The lowest BCUT2D eigenvalue weighted by atomic mass is 9.76. The maximum absolute atomic E-state index is 6.52. The Kier molecular flexibility index (Phi) is 4.35. The molecule has 6 aromatic carbocycles. The molecule has 180 valence electrons. The summed E-state index contributed by atoms with van der Waals surface area (Å²) >= 11 is 0. The lowest BCUT2D eigenvalue weighted by Crippen LogP contribution is -2.16. The average molecular weight is 487 g/mol. The molecule has 0 spiro atoms. The number of benzene rings is 6. The third kappa shape index (κ3) is 2.76. The molecule has 8 rings (SSSR count). The van der Waals surface area contributed by atoms with Gasteiger partial charge in [0.25, 0.3) is 0 Å². The second kappa shape index (κ2) is 7.69. The summed E-state index contributed by atoms with van der Waals surface area (Å²) in [6.45, 7) is 4.71. The van der Waals surface area contributed by atoms with Gasteiger partial charge in [0.2, 0.25) is 0 Å². The third-order valence-corrected chi connectivity index (χ3v) is 8.42. The van der Waals surface area contributed by atoms with E-state index in [0.29, 0.717) is 0 Å². The van der Waals surface area contributed by atoms with E-state index in [1.807, 2.05) is 0 Å². The van der Waals surface area contributed by atoms with Crippen molar-refractivity contribution in [3.63, 3.8) is 0 Å². The molecule has 38 heavy (non-hydrogen) atoms. The highest BCUT2D eigenvalue weighted by molar-refractivity contribution is 6.22. The molecule has 1 aliphatic rings. The van der Waals surface area contributed by atoms with E-state index in [9.17, 15) is 0 Å². The zero-order chi connectivity index (χ0) is 25.4. The van der Waals surface area contributed by atoms with E-state index in [2.05, 4.69) is 135 Å². The van der Waals surface area contributed by atoms with Crippen LogP contribution in [0.2, 0.25) is 0 Å². The average Bonchev–Trinajstić information content (AvgIpc) is 3.46. The molecule has 1 aliphatic carbocycles. The van der Waals surface area contributed by atoms with Crippen molar-refractivity contribution in [3.8, 4) is 33.6 Å². The van der Waals surface area contributed by atoms with Gasteiger partial charge in [0.1, 0.15) is 11.3 Å². The molecule has 7 aromatic rings. The molecule has 1 nitrogen and oxygen atoms in total. The Morgan fingerprint density at radius 3 is 1.63 bits per heavy atom. The van der Waals surface area contributed by atoms with Crippen LogP contribution in [0.4, 0.5) is 0 Å². The van der Waals surface area contributed by atoms with Gasteiger partial charge in [0.15, 0.2) is 0 Å². The number of para-hydroxylation sites is 1. The van der Waals surface area contributed by atoms with E-state index < -0.39 is 0 Å². The fraction of sp³-hybridized carbons (Fsp3) is 0.0811. The highest BCUT2D eigenvalue weighted by Crippen LogP contribution is 2.57. The predicted molar refractivity (Wildman–Crippen MR) is 160 cm³/mol. The van der Waals surface area contributed by atoms with Crippen molar-refractivity contribution >= 4 is 32.5 Å². The Labute approximate surface area is 222 Å². The largest absolute Gasteiger partial charge is 0.456 e. The molecule has 1 heteroatoms. The van der Waals surface area contributed by atoms with Crippen molar-refractivity contribution in [2.24, 2.45) is 0 Å². The zero-order valence-electron chi connectivity index (χ0n) is 21.5. The highest BCUT2D eigenvalue weighted by atomic mass is 16.3. The normalized spacial score (nSPS) is 13.7. The van der Waals surface area contributed by atoms with E-state index in [-0.39, 0.29) is 5.41 Å². The van der Waals surface area contributed by atoms with Gasteiger partial charge in [-0.1, -0.05) is 129 Å². The monoisotopic (exact) mass is 486 g/mol. The van der Waals surface area contributed by atoms with Crippen LogP contribution in [0.25, 0.3) is 66.1 Å². The fourth-order valence-corrected chi connectivity index (χ4v) is 6.94. The van der Waals surface area contributed by atoms with Crippen LogP contribution in [-0.2, 0) is 5.41 Å². The van der Waals surface area contributed by atoms with E-state index in [0.717, 1.165) is 11.3 Å². The fourth-order valence-electron chi connectivity index (χ4n) is 6.94. The summed E-state index contributed by atoms with van der Waals surface area (Å²) in [5.74, 6) is 1.02. The number of hydrogen-bond acceptors (Lipinski definition) is 1. The van der Waals surface area contributed by atoms with Crippen molar-refractivity contribution in [1.82, 2.24) is 0 Å². The molecule has 0 amide bonds. The van der Waals surface area contributed by atoms with Crippen molar-refractivity contribution in [3.05, 3.63) is 132 Å². The van der Waals surface area contributed by atoms with Gasteiger partial charge >= 0.3 is 0 Å². The number of hydrogen-bond donors (Lipinski definition) is 0. The minimum Gasteiger partial charge on any atom is -0.456 e. The number of furan rings is 1. The maximum Gasteiger partial charge on any atom is 0.139 e. The first kappa shape index (κ1) is 21.5. The molecule has 0 fully saturated rings. The quantitative estimate of drug-likeness (QED) is 0.222. The minimum absolute atomic E-state index is 0.200. The Morgan fingerprint density at radius 1 is 0.447 bits per heavy atom.